The molecular weight excluding hydrogens is 388 g/mol. The fourth-order valence-corrected chi connectivity index (χ4v) is 5.53. The zero-order valence-electron chi connectivity index (χ0n) is 16.0. The summed E-state index contributed by atoms with van der Waals surface area (Å²) in [5.41, 5.74) is 8.71. The number of amides is 1. The lowest BCUT2D eigenvalue weighted by Gasteiger charge is -2.23. The van der Waals surface area contributed by atoms with Crippen LogP contribution in [-0.4, -0.2) is 20.9 Å². The molecule has 5 rings (SSSR count). The summed E-state index contributed by atoms with van der Waals surface area (Å²) in [4.78, 5) is 36.4. The van der Waals surface area contributed by atoms with E-state index >= 15 is 0 Å². The molecule has 6 nitrogen and oxygen atoms in total. The van der Waals surface area contributed by atoms with E-state index < -0.39 is 5.91 Å². The van der Waals surface area contributed by atoms with E-state index in [4.69, 9.17) is 22.3 Å². The number of aromatic nitrogens is 3. The Labute approximate surface area is 172 Å². The summed E-state index contributed by atoms with van der Waals surface area (Å²) in [5, 5.41) is 0.843. The molecule has 29 heavy (non-hydrogen) atoms. The number of primary amides is 1. The molecule has 0 aliphatic heterocycles. The summed E-state index contributed by atoms with van der Waals surface area (Å²) >= 11 is 6.67. The van der Waals surface area contributed by atoms with Gasteiger partial charge in [-0.1, -0.05) is 18.0 Å². The highest BCUT2D eigenvalue weighted by Gasteiger charge is 2.41. The van der Waals surface area contributed by atoms with Gasteiger partial charge in [0.05, 0.1) is 27.3 Å². The Kier molecular flexibility index (Phi) is 4.21. The van der Waals surface area contributed by atoms with E-state index in [0.29, 0.717) is 28.1 Å². The number of pyridine rings is 3. The zero-order valence-corrected chi connectivity index (χ0v) is 16.8. The molecule has 3 aromatic rings. The van der Waals surface area contributed by atoms with E-state index in [0.717, 1.165) is 22.9 Å². The van der Waals surface area contributed by atoms with Crippen LogP contribution in [0.25, 0.3) is 22.2 Å². The highest BCUT2D eigenvalue weighted by molar-refractivity contribution is 6.31. The van der Waals surface area contributed by atoms with Crippen molar-refractivity contribution in [1.29, 1.82) is 0 Å². The number of carbonyl (C=O) groups excluding carboxylic acids is 1. The number of hydrogen-bond acceptors (Lipinski definition) is 4. The van der Waals surface area contributed by atoms with E-state index in [-0.39, 0.29) is 16.5 Å². The van der Waals surface area contributed by atoms with Gasteiger partial charge < -0.3 is 10.7 Å². The maximum atomic E-state index is 12.7. The third kappa shape index (κ3) is 2.94. The largest absolute Gasteiger partial charge is 0.364 e. The normalized spacial score (nSPS) is 23.0. The summed E-state index contributed by atoms with van der Waals surface area (Å²) in [6, 6.07) is 5.01. The van der Waals surface area contributed by atoms with Gasteiger partial charge in [0.15, 0.2) is 5.43 Å². The first-order valence-corrected chi connectivity index (χ1v) is 10.3. The summed E-state index contributed by atoms with van der Waals surface area (Å²) in [6.07, 6.45) is 6.51. The van der Waals surface area contributed by atoms with Gasteiger partial charge in [0.25, 0.3) is 5.91 Å². The third-order valence-electron chi connectivity index (χ3n) is 6.55. The van der Waals surface area contributed by atoms with Crippen LogP contribution in [0.2, 0.25) is 5.02 Å². The predicted molar refractivity (Wildman–Crippen MR) is 112 cm³/mol. The number of aromatic amines is 1. The van der Waals surface area contributed by atoms with Crippen LogP contribution in [0.4, 0.5) is 0 Å². The van der Waals surface area contributed by atoms with Gasteiger partial charge in [-0.15, -0.1) is 0 Å². The summed E-state index contributed by atoms with van der Waals surface area (Å²) in [7, 11) is 0. The van der Waals surface area contributed by atoms with Crippen molar-refractivity contribution >= 4 is 28.4 Å². The lowest BCUT2D eigenvalue weighted by atomic mass is 9.85. The van der Waals surface area contributed by atoms with Gasteiger partial charge in [0.2, 0.25) is 0 Å². The molecule has 0 radical (unpaired) electrons. The summed E-state index contributed by atoms with van der Waals surface area (Å²) in [5.74, 6) is 1.21. The molecule has 0 aromatic carbocycles. The molecule has 3 heterocycles. The van der Waals surface area contributed by atoms with Crippen LogP contribution < -0.4 is 11.2 Å². The molecule has 3 unspecified atom stereocenters. The van der Waals surface area contributed by atoms with E-state index in [1.54, 1.807) is 6.07 Å². The molecule has 0 spiro atoms. The van der Waals surface area contributed by atoms with Crippen molar-refractivity contribution in [2.24, 2.45) is 17.6 Å². The second-order valence-corrected chi connectivity index (χ2v) is 8.67. The average Bonchev–Trinajstić information content (AvgIpc) is 3.32. The number of carbonyl (C=O) groups is 1. The molecule has 2 saturated carbocycles. The van der Waals surface area contributed by atoms with E-state index in [2.05, 4.69) is 9.97 Å². The Morgan fingerprint density at radius 3 is 2.79 bits per heavy atom. The molecule has 2 fully saturated rings. The van der Waals surface area contributed by atoms with Gasteiger partial charge in [0, 0.05) is 29.4 Å². The Hall–Kier alpha value is -2.73. The molecule has 2 aliphatic rings. The van der Waals surface area contributed by atoms with Gasteiger partial charge in [-0.05, 0) is 50.2 Å². The number of hydrogen-bond donors (Lipinski definition) is 2. The quantitative estimate of drug-likeness (QED) is 0.684. The number of aryl methyl sites for hydroxylation is 1. The van der Waals surface area contributed by atoms with Crippen LogP contribution in [0.15, 0.2) is 29.2 Å². The van der Waals surface area contributed by atoms with E-state index in [1.165, 1.54) is 37.9 Å². The van der Waals surface area contributed by atoms with Crippen LogP contribution >= 0.6 is 11.6 Å². The Morgan fingerprint density at radius 2 is 2.10 bits per heavy atom. The van der Waals surface area contributed by atoms with Crippen LogP contribution in [0.5, 0.6) is 0 Å². The van der Waals surface area contributed by atoms with Crippen molar-refractivity contribution in [3.8, 4) is 11.3 Å². The number of nitrogens with two attached hydrogens (primary N) is 1. The van der Waals surface area contributed by atoms with Gasteiger partial charge in [-0.25, -0.2) is 0 Å². The van der Waals surface area contributed by atoms with Crippen molar-refractivity contribution in [2.45, 2.75) is 38.5 Å². The van der Waals surface area contributed by atoms with Gasteiger partial charge in [-0.3, -0.25) is 19.6 Å². The molecular formula is C22H21ClN4O2. The molecule has 148 valence electrons. The van der Waals surface area contributed by atoms with E-state index in [1.807, 2.05) is 13.0 Å². The van der Waals surface area contributed by atoms with Crippen molar-refractivity contribution < 1.29 is 4.79 Å². The van der Waals surface area contributed by atoms with Crippen LogP contribution in [0.1, 0.15) is 53.5 Å². The number of fused-ring (bicyclic) bond motifs is 3. The SMILES string of the molecule is Cc1nc(C2CC3CCC2C3)c(Cl)cc1-c1cc(=O)c2c(C(N)=O)nccc2[nH]1. The van der Waals surface area contributed by atoms with Crippen molar-refractivity contribution in [3.05, 3.63) is 56.7 Å². The smallest absolute Gasteiger partial charge is 0.268 e. The molecule has 7 heteroatoms. The summed E-state index contributed by atoms with van der Waals surface area (Å²) in [6.45, 7) is 1.94. The van der Waals surface area contributed by atoms with Gasteiger partial charge >= 0.3 is 0 Å². The molecule has 3 atom stereocenters. The molecule has 3 aromatic heterocycles. The van der Waals surface area contributed by atoms with Gasteiger partial charge in [-0.2, -0.15) is 0 Å². The first-order chi connectivity index (χ1) is 13.9. The number of H-pyrrole nitrogens is 1. The zero-order chi connectivity index (χ0) is 20.3. The number of nitrogens with zero attached hydrogens (tertiary/aromatic N) is 2. The average molecular weight is 409 g/mol. The molecule has 1 amide bonds. The van der Waals surface area contributed by atoms with Crippen LogP contribution in [0, 0.1) is 18.8 Å². The standard InChI is InChI=1S/C22H21ClN4O2/c1-10-13(8-15(23)20(26-10)14-7-11-2-3-12(14)6-11)17-9-18(28)19-16(27-17)4-5-25-21(19)22(24)29/h4-5,8-9,11-12,14H,2-3,6-7H2,1H3,(H2,24,29)(H,27,28). The van der Waals surface area contributed by atoms with Crippen molar-refractivity contribution in [2.75, 3.05) is 0 Å². The monoisotopic (exact) mass is 408 g/mol. The molecule has 0 saturated heterocycles. The number of halogens is 1. The molecule has 3 N–H and O–H groups in total. The van der Waals surface area contributed by atoms with Crippen LogP contribution in [0.3, 0.4) is 0 Å². The van der Waals surface area contributed by atoms with E-state index in [9.17, 15) is 9.59 Å². The Morgan fingerprint density at radius 1 is 1.28 bits per heavy atom. The minimum absolute atomic E-state index is 0.0326. The molecule has 2 aliphatic carbocycles. The maximum absolute atomic E-state index is 12.7. The summed E-state index contributed by atoms with van der Waals surface area (Å²) < 4.78 is 0. The van der Waals surface area contributed by atoms with Crippen LogP contribution in [-0.2, 0) is 0 Å². The third-order valence-corrected chi connectivity index (χ3v) is 6.85. The van der Waals surface area contributed by atoms with Gasteiger partial charge in [0.1, 0.15) is 5.69 Å². The minimum Gasteiger partial charge on any atom is -0.364 e. The lowest BCUT2D eigenvalue weighted by molar-refractivity contribution is 0.0997. The first kappa shape index (κ1) is 18.3. The second kappa shape index (κ2) is 6.66. The van der Waals surface area contributed by atoms with Crippen molar-refractivity contribution in [1.82, 2.24) is 15.0 Å². The minimum atomic E-state index is -0.732. The maximum Gasteiger partial charge on any atom is 0.268 e. The Balaban J connectivity index is 1.61. The number of rotatable bonds is 3. The Bertz CT molecular complexity index is 1220. The fraction of sp³-hybridized carbons (Fsp3) is 0.364. The first-order valence-electron chi connectivity index (χ1n) is 9.91. The fourth-order valence-electron chi connectivity index (χ4n) is 5.24. The predicted octanol–water partition coefficient (Wildman–Crippen LogP) is 3.95. The highest BCUT2D eigenvalue weighted by atomic mass is 35.5. The number of nitrogens with one attached hydrogen (secondary N) is 1. The topological polar surface area (TPSA) is 102 Å². The second-order valence-electron chi connectivity index (χ2n) is 8.26. The highest BCUT2D eigenvalue weighted by Crippen LogP contribution is 2.53. The lowest BCUT2D eigenvalue weighted by Crippen LogP contribution is -2.17. The molecule has 2 bridgehead atoms. The van der Waals surface area contributed by atoms with Crippen molar-refractivity contribution in [3.63, 3.8) is 0 Å².